The van der Waals surface area contributed by atoms with Crippen LogP contribution in [0, 0.1) is 0 Å². The second-order valence-corrected chi connectivity index (χ2v) is 8.50. The van der Waals surface area contributed by atoms with E-state index < -0.39 is 0 Å². The molecule has 4 aromatic rings. The van der Waals surface area contributed by atoms with E-state index in [0.29, 0.717) is 54.5 Å². The van der Waals surface area contributed by atoms with E-state index in [2.05, 4.69) is 15.4 Å². The summed E-state index contributed by atoms with van der Waals surface area (Å²) in [6.07, 6.45) is 3.95. The van der Waals surface area contributed by atoms with E-state index in [1.807, 2.05) is 36.4 Å². The number of aromatic nitrogens is 3. The van der Waals surface area contributed by atoms with Gasteiger partial charge in [0.2, 0.25) is 0 Å². The number of carbonyl (C=O) groups excluding carboxylic acids is 2. The Balaban J connectivity index is 1.30. The minimum atomic E-state index is -0.193. The van der Waals surface area contributed by atoms with E-state index in [1.165, 1.54) is 0 Å². The van der Waals surface area contributed by atoms with Gasteiger partial charge in [-0.3, -0.25) is 4.79 Å². The normalized spacial score (nSPS) is 14.1. The number of anilines is 1. The van der Waals surface area contributed by atoms with E-state index in [1.54, 1.807) is 51.0 Å². The van der Waals surface area contributed by atoms with Crippen molar-refractivity contribution in [2.75, 3.05) is 31.5 Å². The minimum absolute atomic E-state index is 0.132. The van der Waals surface area contributed by atoms with Gasteiger partial charge in [-0.25, -0.2) is 14.3 Å². The molecule has 2 aromatic carbocycles. The smallest absolute Gasteiger partial charge is 0.321 e. The van der Waals surface area contributed by atoms with Crippen LogP contribution in [0.15, 0.2) is 73.1 Å². The first-order valence-electron chi connectivity index (χ1n) is 11.1. The molecule has 0 aliphatic carbocycles. The van der Waals surface area contributed by atoms with Crippen LogP contribution in [-0.2, 0) is 0 Å². The third-order valence-corrected chi connectivity index (χ3v) is 6.12. The summed E-state index contributed by atoms with van der Waals surface area (Å²) in [6, 6.07) is 18.5. The van der Waals surface area contributed by atoms with Crippen LogP contribution in [0.5, 0.6) is 0 Å². The van der Waals surface area contributed by atoms with E-state index in [0.717, 1.165) is 11.3 Å². The zero-order valence-corrected chi connectivity index (χ0v) is 19.2. The predicted octanol–water partition coefficient (Wildman–Crippen LogP) is 4.43. The molecule has 3 amide bonds. The molecule has 0 unspecified atom stereocenters. The highest BCUT2D eigenvalue weighted by molar-refractivity contribution is 6.30. The van der Waals surface area contributed by atoms with Crippen LogP contribution in [0.4, 0.5) is 10.5 Å². The van der Waals surface area contributed by atoms with Crippen LogP contribution in [0.25, 0.3) is 16.9 Å². The number of nitrogens with one attached hydrogen (secondary N) is 1. The fourth-order valence-corrected chi connectivity index (χ4v) is 4.23. The first-order valence-corrected chi connectivity index (χ1v) is 11.5. The second kappa shape index (κ2) is 9.52. The van der Waals surface area contributed by atoms with E-state index in [4.69, 9.17) is 11.6 Å². The molecule has 5 rings (SSSR count). The highest BCUT2D eigenvalue weighted by Crippen LogP contribution is 2.22. The van der Waals surface area contributed by atoms with Crippen molar-refractivity contribution < 1.29 is 9.59 Å². The lowest BCUT2D eigenvalue weighted by Crippen LogP contribution is -2.39. The van der Waals surface area contributed by atoms with E-state index >= 15 is 0 Å². The van der Waals surface area contributed by atoms with Gasteiger partial charge >= 0.3 is 6.03 Å². The van der Waals surface area contributed by atoms with Gasteiger partial charge in [0, 0.05) is 48.6 Å². The number of benzene rings is 2. The summed E-state index contributed by atoms with van der Waals surface area (Å²) in [5.41, 5.74) is 3.52. The van der Waals surface area contributed by atoms with Gasteiger partial charge in [0.1, 0.15) is 5.56 Å². The van der Waals surface area contributed by atoms with Crippen molar-refractivity contribution in [1.82, 2.24) is 24.4 Å². The molecule has 172 valence electrons. The molecule has 1 fully saturated rings. The third-order valence-electron chi connectivity index (χ3n) is 5.87. The summed E-state index contributed by atoms with van der Waals surface area (Å²) in [5, 5.41) is 7.95. The number of rotatable bonds is 3. The van der Waals surface area contributed by atoms with Gasteiger partial charge in [0.15, 0.2) is 5.65 Å². The van der Waals surface area contributed by atoms with Crippen molar-refractivity contribution in [2.45, 2.75) is 6.42 Å². The zero-order valence-electron chi connectivity index (χ0n) is 18.4. The van der Waals surface area contributed by atoms with Crippen LogP contribution < -0.4 is 5.32 Å². The van der Waals surface area contributed by atoms with Crippen molar-refractivity contribution in [1.29, 1.82) is 0 Å². The summed E-state index contributed by atoms with van der Waals surface area (Å²) in [4.78, 5) is 34.0. The summed E-state index contributed by atoms with van der Waals surface area (Å²) in [5.74, 6) is -0.132. The first-order chi connectivity index (χ1) is 16.6. The van der Waals surface area contributed by atoms with E-state index in [9.17, 15) is 9.59 Å². The van der Waals surface area contributed by atoms with E-state index in [-0.39, 0.29) is 11.9 Å². The lowest BCUT2D eigenvalue weighted by atomic mass is 10.1. The molecular weight excluding hydrogens is 452 g/mol. The maximum Gasteiger partial charge on any atom is 0.321 e. The van der Waals surface area contributed by atoms with Crippen LogP contribution >= 0.6 is 11.6 Å². The Morgan fingerprint density at radius 1 is 0.882 bits per heavy atom. The number of amides is 3. The fraction of sp³-hybridized carbons (Fsp3) is 0.200. The van der Waals surface area contributed by atoms with Crippen molar-refractivity contribution >= 4 is 34.9 Å². The van der Waals surface area contributed by atoms with Crippen molar-refractivity contribution in [3.05, 3.63) is 83.6 Å². The minimum Gasteiger partial charge on any atom is -0.337 e. The number of urea groups is 1. The average Bonchev–Trinajstić information content (AvgIpc) is 3.14. The zero-order chi connectivity index (χ0) is 23.5. The van der Waals surface area contributed by atoms with Crippen molar-refractivity contribution in [3.8, 4) is 11.3 Å². The average molecular weight is 475 g/mol. The van der Waals surface area contributed by atoms with Crippen LogP contribution in [0.2, 0.25) is 5.02 Å². The molecule has 0 atom stereocenters. The Morgan fingerprint density at radius 3 is 2.41 bits per heavy atom. The first kappa shape index (κ1) is 21.9. The fourth-order valence-electron chi connectivity index (χ4n) is 4.10. The maximum absolute atomic E-state index is 13.4. The Labute approximate surface area is 201 Å². The largest absolute Gasteiger partial charge is 0.337 e. The molecule has 3 heterocycles. The Hall–Kier alpha value is -3.91. The number of hydrogen-bond acceptors (Lipinski definition) is 4. The van der Waals surface area contributed by atoms with Gasteiger partial charge in [-0.15, -0.1) is 0 Å². The maximum atomic E-state index is 13.4. The van der Waals surface area contributed by atoms with Crippen LogP contribution in [0.3, 0.4) is 0 Å². The molecule has 34 heavy (non-hydrogen) atoms. The van der Waals surface area contributed by atoms with Crippen LogP contribution in [-0.4, -0.2) is 62.5 Å². The molecule has 1 aliphatic heterocycles. The molecule has 1 N–H and O–H groups in total. The number of fused-ring (bicyclic) bond motifs is 1. The molecule has 0 saturated carbocycles. The van der Waals surface area contributed by atoms with Gasteiger partial charge in [0.25, 0.3) is 5.91 Å². The Bertz CT molecular complexity index is 1320. The summed E-state index contributed by atoms with van der Waals surface area (Å²) in [7, 11) is 0. The quantitative estimate of drug-likeness (QED) is 0.476. The number of hydrogen-bond donors (Lipinski definition) is 1. The Morgan fingerprint density at radius 2 is 1.62 bits per heavy atom. The standard InChI is InChI=1S/C25H23ClN6O2/c26-19-7-9-20(10-8-19)29-25(34)31-14-4-13-30(15-16-31)24(33)21-17-28-32-22(11-12-27-23(21)32)18-5-2-1-3-6-18/h1-3,5-12,17H,4,13-16H2,(H,29,34). The van der Waals surface area contributed by atoms with Gasteiger partial charge in [-0.2, -0.15) is 5.10 Å². The lowest BCUT2D eigenvalue weighted by molar-refractivity contribution is 0.0764. The summed E-state index contributed by atoms with van der Waals surface area (Å²) < 4.78 is 1.70. The molecule has 0 bridgehead atoms. The van der Waals surface area contributed by atoms with Crippen LogP contribution in [0.1, 0.15) is 16.8 Å². The van der Waals surface area contributed by atoms with Gasteiger partial charge < -0.3 is 15.1 Å². The third kappa shape index (κ3) is 4.45. The topological polar surface area (TPSA) is 82.8 Å². The molecule has 1 saturated heterocycles. The van der Waals surface area contributed by atoms with Crippen molar-refractivity contribution in [2.24, 2.45) is 0 Å². The molecule has 9 heteroatoms. The summed E-state index contributed by atoms with van der Waals surface area (Å²) in [6.45, 7) is 1.99. The number of carbonyl (C=O) groups is 2. The molecule has 0 spiro atoms. The lowest BCUT2D eigenvalue weighted by Gasteiger charge is -2.22. The van der Waals surface area contributed by atoms with Gasteiger partial charge in [-0.05, 0) is 36.8 Å². The molecule has 0 radical (unpaired) electrons. The molecular formula is C25H23ClN6O2. The Kier molecular flexibility index (Phi) is 6.14. The monoisotopic (exact) mass is 474 g/mol. The summed E-state index contributed by atoms with van der Waals surface area (Å²) >= 11 is 5.91. The highest BCUT2D eigenvalue weighted by atomic mass is 35.5. The SMILES string of the molecule is O=C(Nc1ccc(Cl)cc1)N1CCCN(C(=O)c2cnn3c(-c4ccccc4)ccnc23)CC1. The number of nitrogens with zero attached hydrogens (tertiary/aromatic N) is 5. The number of halogens is 1. The highest BCUT2D eigenvalue weighted by Gasteiger charge is 2.25. The second-order valence-electron chi connectivity index (χ2n) is 8.06. The van der Waals surface area contributed by atoms with Gasteiger partial charge in [-0.1, -0.05) is 41.9 Å². The molecule has 2 aromatic heterocycles. The van der Waals surface area contributed by atoms with Gasteiger partial charge in [0.05, 0.1) is 11.9 Å². The predicted molar refractivity (Wildman–Crippen MR) is 131 cm³/mol. The molecule has 8 nitrogen and oxygen atoms in total. The van der Waals surface area contributed by atoms with Crippen molar-refractivity contribution in [3.63, 3.8) is 0 Å². The molecule has 1 aliphatic rings.